The van der Waals surface area contributed by atoms with Crippen molar-refractivity contribution in [1.82, 2.24) is 10.2 Å². The molecule has 0 aromatic heterocycles. The van der Waals surface area contributed by atoms with Gasteiger partial charge in [-0.3, -0.25) is 13.9 Å². The Labute approximate surface area is 269 Å². The molecule has 0 fully saturated rings. The first-order valence-corrected chi connectivity index (χ1v) is 16.6. The highest BCUT2D eigenvalue weighted by atomic mass is 35.5. The van der Waals surface area contributed by atoms with Gasteiger partial charge in [-0.2, -0.15) is 0 Å². The molecule has 0 aliphatic carbocycles. The number of nitrogens with zero attached hydrogens (tertiary/aromatic N) is 2. The van der Waals surface area contributed by atoms with Gasteiger partial charge in [-0.1, -0.05) is 97.2 Å². The lowest BCUT2D eigenvalue weighted by Crippen LogP contribution is -2.53. The maximum atomic E-state index is 14.4. The molecule has 1 atom stereocenters. The number of hydrogen-bond donors (Lipinski definition) is 1. The molecule has 0 saturated carbocycles. The topological polar surface area (TPSA) is 86.8 Å². The molecule has 0 radical (unpaired) electrons. The molecule has 0 saturated heterocycles. The highest BCUT2D eigenvalue weighted by molar-refractivity contribution is 7.92. The first-order chi connectivity index (χ1) is 21.2. The normalized spacial score (nSPS) is 11.9. The van der Waals surface area contributed by atoms with Crippen molar-refractivity contribution in [2.75, 3.05) is 17.4 Å². The van der Waals surface area contributed by atoms with E-state index in [2.05, 4.69) is 5.32 Å². The minimum atomic E-state index is -4.19. The van der Waals surface area contributed by atoms with Crippen molar-refractivity contribution in [1.29, 1.82) is 0 Å². The van der Waals surface area contributed by atoms with Gasteiger partial charge in [0, 0.05) is 29.6 Å². The molecule has 10 heteroatoms. The number of nitrogens with one attached hydrogen (secondary N) is 1. The minimum Gasteiger partial charge on any atom is -0.354 e. The fourth-order valence-corrected chi connectivity index (χ4v) is 6.37. The number of rotatable bonds is 14. The van der Waals surface area contributed by atoms with Gasteiger partial charge in [0.05, 0.1) is 10.6 Å². The Morgan fingerprint density at radius 1 is 0.773 bits per heavy atom. The second kappa shape index (κ2) is 15.7. The molecule has 230 valence electrons. The van der Waals surface area contributed by atoms with Gasteiger partial charge < -0.3 is 10.2 Å². The Balaban J connectivity index is 1.76. The summed E-state index contributed by atoms with van der Waals surface area (Å²) in [5.41, 5.74) is 1.92. The maximum absolute atomic E-state index is 14.4. The van der Waals surface area contributed by atoms with Gasteiger partial charge in [0.15, 0.2) is 0 Å². The average molecular weight is 653 g/mol. The summed E-state index contributed by atoms with van der Waals surface area (Å²) in [5.74, 6) is -0.843. The molecule has 0 spiro atoms. The monoisotopic (exact) mass is 651 g/mol. The SMILES string of the molecule is CCCCNC(=O)C(Cc1ccccc1)N(Cc1ccc(Cl)cc1)C(=O)CN(c1ccccc1)S(=O)(=O)c1ccc(Cl)cc1. The summed E-state index contributed by atoms with van der Waals surface area (Å²) < 4.78 is 29.0. The van der Waals surface area contributed by atoms with E-state index in [1.54, 1.807) is 54.6 Å². The Morgan fingerprint density at radius 3 is 1.93 bits per heavy atom. The van der Waals surface area contributed by atoms with Crippen molar-refractivity contribution >= 4 is 50.7 Å². The van der Waals surface area contributed by atoms with Crippen LogP contribution in [0.4, 0.5) is 5.69 Å². The third kappa shape index (κ3) is 8.85. The van der Waals surface area contributed by atoms with E-state index in [-0.39, 0.29) is 23.8 Å². The third-order valence-corrected chi connectivity index (χ3v) is 9.38. The van der Waals surface area contributed by atoms with Crippen molar-refractivity contribution in [2.45, 2.75) is 43.7 Å². The summed E-state index contributed by atoms with van der Waals surface area (Å²) in [7, 11) is -4.19. The lowest BCUT2D eigenvalue weighted by atomic mass is 10.0. The molecule has 4 rings (SSSR count). The zero-order valence-electron chi connectivity index (χ0n) is 24.4. The lowest BCUT2D eigenvalue weighted by molar-refractivity contribution is -0.140. The summed E-state index contributed by atoms with van der Waals surface area (Å²) in [5, 5.41) is 3.91. The van der Waals surface area contributed by atoms with Crippen LogP contribution in [0.5, 0.6) is 0 Å². The van der Waals surface area contributed by atoms with Crippen molar-refractivity contribution in [2.24, 2.45) is 0 Å². The first-order valence-electron chi connectivity index (χ1n) is 14.4. The maximum Gasteiger partial charge on any atom is 0.264 e. The molecule has 0 aliphatic heterocycles. The molecule has 4 aromatic rings. The molecular formula is C34H35Cl2N3O4S. The third-order valence-electron chi connectivity index (χ3n) is 7.09. The second-order valence-electron chi connectivity index (χ2n) is 10.3. The first kappa shape index (κ1) is 33.1. The lowest BCUT2D eigenvalue weighted by Gasteiger charge is -2.34. The number of para-hydroxylation sites is 1. The minimum absolute atomic E-state index is 0.0130. The molecule has 0 heterocycles. The quantitative estimate of drug-likeness (QED) is 0.153. The van der Waals surface area contributed by atoms with Crippen LogP contribution in [0.1, 0.15) is 30.9 Å². The molecular weight excluding hydrogens is 617 g/mol. The molecule has 0 aliphatic rings. The van der Waals surface area contributed by atoms with E-state index in [1.807, 2.05) is 37.3 Å². The highest BCUT2D eigenvalue weighted by Crippen LogP contribution is 2.26. The summed E-state index contributed by atoms with van der Waals surface area (Å²) >= 11 is 12.2. The van der Waals surface area contributed by atoms with Crippen molar-refractivity contribution in [3.63, 3.8) is 0 Å². The average Bonchev–Trinajstić information content (AvgIpc) is 3.03. The zero-order chi connectivity index (χ0) is 31.5. The van der Waals surface area contributed by atoms with Crippen molar-refractivity contribution < 1.29 is 18.0 Å². The smallest absolute Gasteiger partial charge is 0.264 e. The van der Waals surface area contributed by atoms with Gasteiger partial charge in [0.1, 0.15) is 12.6 Å². The van der Waals surface area contributed by atoms with Gasteiger partial charge in [-0.25, -0.2) is 8.42 Å². The summed E-state index contributed by atoms with van der Waals surface area (Å²) in [6.45, 7) is 2.03. The highest BCUT2D eigenvalue weighted by Gasteiger charge is 2.34. The van der Waals surface area contributed by atoms with Crippen molar-refractivity contribution in [3.8, 4) is 0 Å². The predicted octanol–water partition coefficient (Wildman–Crippen LogP) is 6.75. The number of carbonyl (C=O) groups is 2. The van der Waals surface area contributed by atoms with E-state index in [9.17, 15) is 18.0 Å². The molecule has 1 unspecified atom stereocenters. The largest absolute Gasteiger partial charge is 0.354 e. The molecule has 7 nitrogen and oxygen atoms in total. The van der Waals surface area contributed by atoms with Crippen LogP contribution in [-0.2, 0) is 32.6 Å². The van der Waals surface area contributed by atoms with Gasteiger partial charge in [-0.05, 0) is 66.1 Å². The van der Waals surface area contributed by atoms with Crippen LogP contribution >= 0.6 is 23.2 Å². The van der Waals surface area contributed by atoms with Gasteiger partial charge >= 0.3 is 0 Å². The Kier molecular flexibility index (Phi) is 11.8. The zero-order valence-corrected chi connectivity index (χ0v) is 26.7. The number of anilines is 1. The van der Waals surface area contributed by atoms with Crippen LogP contribution in [0, 0.1) is 0 Å². The Hall–Kier alpha value is -3.85. The van der Waals surface area contributed by atoms with Crippen molar-refractivity contribution in [3.05, 3.63) is 130 Å². The molecule has 4 aromatic carbocycles. The van der Waals surface area contributed by atoms with Crippen LogP contribution in [0.3, 0.4) is 0 Å². The number of sulfonamides is 1. The van der Waals surface area contributed by atoms with Crippen LogP contribution in [-0.4, -0.2) is 44.3 Å². The van der Waals surface area contributed by atoms with Gasteiger partial charge in [0.25, 0.3) is 10.0 Å². The Morgan fingerprint density at radius 2 is 1.34 bits per heavy atom. The van der Waals surface area contributed by atoms with E-state index >= 15 is 0 Å². The standard InChI is InChI=1S/C34H35Cl2N3O4S/c1-2-3-22-37-34(41)32(23-26-10-6-4-7-11-26)38(24-27-14-16-28(35)17-15-27)33(40)25-39(30-12-8-5-9-13-30)44(42,43)31-20-18-29(36)19-21-31/h4-21,32H,2-3,22-25H2,1H3,(H,37,41). The number of hydrogen-bond acceptors (Lipinski definition) is 4. The predicted molar refractivity (Wildman–Crippen MR) is 176 cm³/mol. The fourth-order valence-electron chi connectivity index (χ4n) is 4.70. The fraction of sp³-hybridized carbons (Fsp3) is 0.235. The Bertz CT molecular complexity index is 1620. The van der Waals surface area contributed by atoms with Gasteiger partial charge in [-0.15, -0.1) is 0 Å². The summed E-state index contributed by atoms with van der Waals surface area (Å²) in [6.07, 6.45) is 1.93. The number of benzene rings is 4. The molecule has 2 amide bonds. The van der Waals surface area contributed by atoms with E-state index in [1.165, 1.54) is 29.2 Å². The molecule has 44 heavy (non-hydrogen) atoms. The van der Waals surface area contributed by atoms with E-state index in [0.717, 1.165) is 28.3 Å². The van der Waals surface area contributed by atoms with Crippen LogP contribution in [0.15, 0.2) is 114 Å². The number of amides is 2. The van der Waals surface area contributed by atoms with Crippen LogP contribution in [0.2, 0.25) is 10.0 Å². The van der Waals surface area contributed by atoms with E-state index in [4.69, 9.17) is 23.2 Å². The van der Waals surface area contributed by atoms with Gasteiger partial charge in [0.2, 0.25) is 11.8 Å². The molecule has 0 bridgehead atoms. The van der Waals surface area contributed by atoms with E-state index < -0.39 is 28.5 Å². The van der Waals surface area contributed by atoms with Crippen LogP contribution < -0.4 is 9.62 Å². The summed E-state index contributed by atoms with van der Waals surface area (Å²) in [4.78, 5) is 29.6. The number of halogens is 2. The summed E-state index contributed by atoms with van der Waals surface area (Å²) in [6, 6.07) is 29.8. The number of unbranched alkanes of at least 4 members (excludes halogenated alkanes) is 1. The number of carbonyl (C=O) groups excluding carboxylic acids is 2. The van der Waals surface area contributed by atoms with E-state index in [0.29, 0.717) is 22.3 Å². The molecule has 1 N–H and O–H groups in total. The second-order valence-corrected chi connectivity index (χ2v) is 13.0. The van der Waals surface area contributed by atoms with Crippen LogP contribution in [0.25, 0.3) is 0 Å².